The van der Waals surface area contributed by atoms with Crippen LogP contribution in [-0.2, 0) is 0 Å². The first kappa shape index (κ1) is 21.4. The lowest BCUT2D eigenvalue weighted by molar-refractivity contribution is 0.180. The van der Waals surface area contributed by atoms with Crippen molar-refractivity contribution in [2.75, 3.05) is 26.7 Å². The van der Waals surface area contributed by atoms with Gasteiger partial charge in [0.1, 0.15) is 6.33 Å². The summed E-state index contributed by atoms with van der Waals surface area (Å²) < 4.78 is 9.34. The topological polar surface area (TPSA) is 80.5 Å². The smallest absolute Gasteiger partial charge is 0.326 e. The lowest BCUT2D eigenvalue weighted by Crippen LogP contribution is -2.37. The minimum atomic E-state index is -0.00759. The van der Waals surface area contributed by atoms with E-state index < -0.39 is 0 Å². The molecule has 0 radical (unpaired) electrons. The van der Waals surface area contributed by atoms with Crippen LogP contribution >= 0.6 is 0 Å². The highest BCUT2D eigenvalue weighted by atomic mass is 16.5. The molecule has 0 amide bonds. The third-order valence-corrected chi connectivity index (χ3v) is 7.52. The molecule has 1 saturated carbocycles. The number of pyridine rings is 1. The molecule has 2 fully saturated rings. The lowest BCUT2D eigenvalue weighted by Gasteiger charge is -2.32. The van der Waals surface area contributed by atoms with E-state index in [0.29, 0.717) is 11.4 Å². The second-order valence-electron chi connectivity index (χ2n) is 10.2. The van der Waals surface area contributed by atoms with Gasteiger partial charge in [-0.15, -0.1) is 0 Å². The van der Waals surface area contributed by atoms with E-state index in [1.54, 1.807) is 11.6 Å². The molecule has 1 saturated heterocycles. The van der Waals surface area contributed by atoms with Crippen LogP contribution in [0.25, 0.3) is 27.8 Å². The maximum atomic E-state index is 13.1. The SMILES string of the molecule is COc1cc(-c2cc3[nH]c(=O)n(C4CCN(CC5CC5)CC4)c3cc2C(C)C)cn2ncnc12. The fraction of sp³-hybridized carbons (Fsp3) is 0.500. The molecule has 8 nitrogen and oxygen atoms in total. The van der Waals surface area contributed by atoms with Crippen LogP contribution in [0.4, 0.5) is 0 Å². The minimum absolute atomic E-state index is 0.00759. The predicted molar refractivity (Wildman–Crippen MR) is 133 cm³/mol. The van der Waals surface area contributed by atoms with Crippen molar-refractivity contribution < 1.29 is 4.74 Å². The zero-order chi connectivity index (χ0) is 23.4. The van der Waals surface area contributed by atoms with Crippen molar-refractivity contribution in [3.8, 4) is 16.9 Å². The number of likely N-dealkylation sites (tertiary alicyclic amines) is 1. The van der Waals surface area contributed by atoms with Gasteiger partial charge in [-0.3, -0.25) is 4.57 Å². The molecule has 1 aliphatic carbocycles. The largest absolute Gasteiger partial charge is 0.493 e. The third-order valence-electron chi connectivity index (χ3n) is 7.52. The van der Waals surface area contributed by atoms with Crippen LogP contribution in [0, 0.1) is 5.92 Å². The Morgan fingerprint density at radius 1 is 1.15 bits per heavy atom. The molecule has 0 atom stereocenters. The van der Waals surface area contributed by atoms with Crippen molar-refractivity contribution in [2.45, 2.75) is 51.5 Å². The molecule has 0 bridgehead atoms. The quantitative estimate of drug-likeness (QED) is 0.466. The Labute approximate surface area is 198 Å². The number of nitrogens with one attached hydrogen (secondary N) is 1. The summed E-state index contributed by atoms with van der Waals surface area (Å²) in [6.07, 6.45) is 8.33. The van der Waals surface area contributed by atoms with Gasteiger partial charge in [0.15, 0.2) is 11.4 Å². The zero-order valence-corrected chi connectivity index (χ0v) is 20.1. The monoisotopic (exact) mass is 460 g/mol. The van der Waals surface area contributed by atoms with Gasteiger partial charge >= 0.3 is 5.69 Å². The molecule has 0 unspecified atom stereocenters. The van der Waals surface area contributed by atoms with Gasteiger partial charge in [0.05, 0.1) is 18.1 Å². The summed E-state index contributed by atoms with van der Waals surface area (Å²) in [6, 6.07) is 6.57. The van der Waals surface area contributed by atoms with Gasteiger partial charge in [0.25, 0.3) is 0 Å². The summed E-state index contributed by atoms with van der Waals surface area (Å²) in [7, 11) is 1.65. The highest BCUT2D eigenvalue weighted by Gasteiger charge is 2.29. The summed E-state index contributed by atoms with van der Waals surface area (Å²) in [6.45, 7) is 7.78. The standard InChI is InChI=1S/C26H32N6O2/c1-16(2)20-12-23-22(11-21(20)18-10-24(34-3)25-27-15-28-31(25)14-18)29-26(33)32(23)19-6-8-30(9-7-19)13-17-4-5-17/h10-12,14-17,19H,4-9,13H2,1-3H3,(H,29,33). The first-order chi connectivity index (χ1) is 16.5. The number of imidazole rings is 1. The van der Waals surface area contributed by atoms with Gasteiger partial charge in [-0.1, -0.05) is 13.8 Å². The first-order valence-electron chi connectivity index (χ1n) is 12.4. The van der Waals surface area contributed by atoms with Crippen molar-refractivity contribution in [1.29, 1.82) is 0 Å². The first-order valence-corrected chi connectivity index (χ1v) is 12.4. The average Bonchev–Trinajstić information content (AvgIpc) is 3.40. The van der Waals surface area contributed by atoms with Crippen LogP contribution in [-0.4, -0.2) is 55.8 Å². The lowest BCUT2D eigenvalue weighted by atomic mass is 9.92. The Morgan fingerprint density at radius 3 is 2.65 bits per heavy atom. The maximum Gasteiger partial charge on any atom is 0.326 e. The summed E-state index contributed by atoms with van der Waals surface area (Å²) in [5.41, 5.74) is 5.83. The van der Waals surface area contributed by atoms with Gasteiger partial charge in [-0.05, 0) is 66.8 Å². The Kier molecular flexibility index (Phi) is 5.21. The fourth-order valence-electron chi connectivity index (χ4n) is 5.50. The normalized spacial score (nSPS) is 17.9. The molecule has 4 heterocycles. The van der Waals surface area contributed by atoms with Gasteiger partial charge in [-0.25, -0.2) is 14.3 Å². The average molecular weight is 461 g/mol. The number of rotatable bonds is 6. The van der Waals surface area contributed by atoms with E-state index in [-0.39, 0.29) is 17.6 Å². The Morgan fingerprint density at radius 2 is 1.94 bits per heavy atom. The highest BCUT2D eigenvalue weighted by molar-refractivity contribution is 5.85. The van der Waals surface area contributed by atoms with Crippen molar-refractivity contribution in [3.05, 3.63) is 46.8 Å². The van der Waals surface area contributed by atoms with E-state index in [1.807, 2.05) is 16.8 Å². The van der Waals surface area contributed by atoms with Crippen LogP contribution in [0.3, 0.4) is 0 Å². The summed E-state index contributed by atoms with van der Waals surface area (Å²) >= 11 is 0. The van der Waals surface area contributed by atoms with Crippen LogP contribution in [0.15, 0.2) is 35.5 Å². The van der Waals surface area contributed by atoms with E-state index in [2.05, 4.69) is 45.9 Å². The van der Waals surface area contributed by atoms with Gasteiger partial charge in [0.2, 0.25) is 0 Å². The third kappa shape index (κ3) is 3.70. The van der Waals surface area contributed by atoms with E-state index >= 15 is 0 Å². The Balaban J connectivity index is 1.41. The number of benzene rings is 1. The molecule has 6 rings (SSSR count). The van der Waals surface area contributed by atoms with E-state index in [1.165, 1.54) is 31.3 Å². The number of ether oxygens (including phenoxy) is 1. The molecular formula is C26H32N6O2. The van der Waals surface area contributed by atoms with E-state index in [0.717, 1.165) is 54.0 Å². The highest BCUT2D eigenvalue weighted by Crippen LogP contribution is 2.37. The van der Waals surface area contributed by atoms with Crippen molar-refractivity contribution in [2.24, 2.45) is 5.92 Å². The molecule has 4 aromatic rings. The molecule has 1 aliphatic heterocycles. The zero-order valence-electron chi connectivity index (χ0n) is 20.1. The molecule has 1 N–H and O–H groups in total. The molecule has 8 heteroatoms. The molecule has 0 spiro atoms. The van der Waals surface area contributed by atoms with Gasteiger partial charge in [-0.2, -0.15) is 5.10 Å². The number of piperidine rings is 1. The van der Waals surface area contributed by atoms with Crippen molar-refractivity contribution >= 4 is 16.7 Å². The van der Waals surface area contributed by atoms with Gasteiger partial charge < -0.3 is 14.6 Å². The van der Waals surface area contributed by atoms with Crippen LogP contribution in [0.2, 0.25) is 0 Å². The van der Waals surface area contributed by atoms with E-state index in [9.17, 15) is 4.79 Å². The van der Waals surface area contributed by atoms with Crippen molar-refractivity contribution in [3.63, 3.8) is 0 Å². The molecule has 34 heavy (non-hydrogen) atoms. The summed E-state index contributed by atoms with van der Waals surface area (Å²) in [4.78, 5) is 23.1. The van der Waals surface area contributed by atoms with Gasteiger partial charge in [0, 0.05) is 37.4 Å². The van der Waals surface area contributed by atoms with Crippen LogP contribution < -0.4 is 10.4 Å². The van der Waals surface area contributed by atoms with Crippen LogP contribution in [0.1, 0.15) is 57.1 Å². The second kappa shape index (κ2) is 8.27. The predicted octanol–water partition coefficient (Wildman–Crippen LogP) is 4.22. The van der Waals surface area contributed by atoms with Crippen LogP contribution in [0.5, 0.6) is 5.75 Å². The van der Waals surface area contributed by atoms with Crippen molar-refractivity contribution in [1.82, 2.24) is 29.0 Å². The molecule has 2 aliphatic rings. The molecule has 178 valence electrons. The number of aromatic amines is 1. The van der Waals surface area contributed by atoms with E-state index in [4.69, 9.17) is 4.74 Å². The number of methoxy groups -OCH3 is 1. The second-order valence-corrected chi connectivity index (χ2v) is 10.2. The Hall–Kier alpha value is -3.13. The molecule has 1 aromatic carbocycles. The maximum absolute atomic E-state index is 13.1. The summed E-state index contributed by atoms with van der Waals surface area (Å²) in [5.74, 6) is 1.87. The summed E-state index contributed by atoms with van der Waals surface area (Å²) in [5, 5.41) is 4.32. The molecular weight excluding hydrogens is 428 g/mol. The Bertz CT molecular complexity index is 1400. The fourth-order valence-corrected chi connectivity index (χ4v) is 5.50. The molecule has 3 aromatic heterocycles. The number of nitrogens with zero attached hydrogens (tertiary/aromatic N) is 5. The number of aromatic nitrogens is 5. The number of H-pyrrole nitrogens is 1. The number of hydrogen-bond acceptors (Lipinski definition) is 5. The number of fused-ring (bicyclic) bond motifs is 2. The minimum Gasteiger partial charge on any atom is -0.493 e. The number of hydrogen-bond donors (Lipinski definition) is 1.